The van der Waals surface area contributed by atoms with Gasteiger partial charge in [0.05, 0.1) is 16.5 Å². The minimum atomic E-state index is -0.643. The van der Waals surface area contributed by atoms with Crippen molar-refractivity contribution < 1.29 is 8.83 Å². The highest BCUT2D eigenvalue weighted by Crippen LogP contribution is 2.61. The van der Waals surface area contributed by atoms with Crippen molar-refractivity contribution in [2.45, 2.75) is 31.6 Å². The van der Waals surface area contributed by atoms with E-state index in [0.29, 0.717) is 0 Å². The zero-order valence-electron chi connectivity index (χ0n) is 34.9. The lowest BCUT2D eigenvalue weighted by Crippen LogP contribution is -2.28. The number of nitrogens with zero attached hydrogens (tertiary/aromatic N) is 1. The van der Waals surface area contributed by atoms with Gasteiger partial charge in [0.1, 0.15) is 22.3 Å². The minimum absolute atomic E-state index is 0.00858. The number of rotatable bonds is 6. The second kappa shape index (κ2) is 13.7. The molecule has 0 fully saturated rings. The number of furan rings is 2. The van der Waals surface area contributed by atoms with Crippen molar-refractivity contribution in [3.63, 3.8) is 0 Å². The van der Waals surface area contributed by atoms with Crippen molar-refractivity contribution in [2.75, 3.05) is 4.90 Å². The van der Waals surface area contributed by atoms with Gasteiger partial charge >= 0.3 is 0 Å². The van der Waals surface area contributed by atoms with Gasteiger partial charge in [-0.25, -0.2) is 0 Å². The topological polar surface area (TPSA) is 29.5 Å². The molecule has 0 atom stereocenters. The molecule has 2 heterocycles. The summed E-state index contributed by atoms with van der Waals surface area (Å²) in [6.07, 6.45) is 0. The van der Waals surface area contributed by atoms with E-state index in [-0.39, 0.29) is 5.41 Å². The summed E-state index contributed by atoms with van der Waals surface area (Å²) in [6.45, 7) is 6.81. The van der Waals surface area contributed by atoms with E-state index in [1.165, 1.54) is 33.4 Å². The molecular formula is C59H43NO2. The summed E-state index contributed by atoms with van der Waals surface area (Å²) in [4.78, 5) is 2.42. The van der Waals surface area contributed by atoms with Crippen LogP contribution in [0.5, 0.6) is 0 Å². The second-order valence-corrected chi connectivity index (χ2v) is 17.6. The standard InChI is InChI=1S/C59H43NO2/c1-58(2,3)40-28-30-43(31-29-40)60(44-32-34-46-45-23-14-16-26-52(45)61-54(46)36-44)51-37-50-55(57-56(51)48-33-27-39(35-53(48)62-57)38-17-7-4-8-18-38)47-24-13-15-25-49(47)59(50,41-19-9-5-10-20-41)42-21-11-6-12-22-42/h4-37H,1-3H3. The molecule has 3 heteroatoms. The Morgan fingerprint density at radius 1 is 0.435 bits per heavy atom. The third kappa shape index (κ3) is 5.38. The summed E-state index contributed by atoms with van der Waals surface area (Å²) in [6, 6.07) is 74.8. The van der Waals surface area contributed by atoms with Crippen LogP contribution in [-0.2, 0) is 10.8 Å². The Morgan fingerprint density at radius 2 is 1.03 bits per heavy atom. The summed E-state index contributed by atoms with van der Waals surface area (Å²) in [5.74, 6) is 0. The molecule has 0 spiro atoms. The molecular weight excluding hydrogens is 755 g/mol. The van der Waals surface area contributed by atoms with Crippen molar-refractivity contribution in [3.8, 4) is 22.3 Å². The van der Waals surface area contributed by atoms with Crippen molar-refractivity contribution in [1.82, 2.24) is 0 Å². The second-order valence-electron chi connectivity index (χ2n) is 17.6. The first-order valence-electron chi connectivity index (χ1n) is 21.5. The van der Waals surface area contributed by atoms with Crippen molar-refractivity contribution >= 4 is 60.9 Å². The summed E-state index contributed by atoms with van der Waals surface area (Å²) in [5, 5.41) is 4.33. The van der Waals surface area contributed by atoms with Gasteiger partial charge in [0.2, 0.25) is 0 Å². The van der Waals surface area contributed by atoms with Crippen LogP contribution in [0.3, 0.4) is 0 Å². The molecule has 0 aliphatic heterocycles. The fourth-order valence-electron chi connectivity index (χ4n) is 10.2. The smallest absolute Gasteiger partial charge is 0.145 e. The monoisotopic (exact) mass is 797 g/mol. The molecule has 0 unspecified atom stereocenters. The summed E-state index contributed by atoms with van der Waals surface area (Å²) in [7, 11) is 0. The van der Waals surface area contributed by atoms with Gasteiger partial charge in [0.25, 0.3) is 0 Å². The average molecular weight is 798 g/mol. The SMILES string of the molecule is CC(C)(C)c1ccc(N(c2ccc3c(c2)oc2ccccc23)c2cc3c(c4oc5cc(-c6ccccc6)ccc5c24)-c2ccccc2C3(c2ccccc2)c2ccccc2)cc1. The molecule has 0 saturated carbocycles. The largest absolute Gasteiger partial charge is 0.456 e. The molecule has 62 heavy (non-hydrogen) atoms. The highest BCUT2D eigenvalue weighted by molar-refractivity contribution is 6.20. The average Bonchev–Trinajstić information content (AvgIpc) is 3.98. The Kier molecular flexibility index (Phi) is 8.01. The van der Waals surface area contributed by atoms with Crippen LogP contribution in [0.1, 0.15) is 48.6 Å². The van der Waals surface area contributed by atoms with Crippen molar-refractivity contribution in [3.05, 3.63) is 234 Å². The molecule has 2 aromatic heterocycles. The highest BCUT2D eigenvalue weighted by Gasteiger charge is 2.48. The fraction of sp³-hybridized carbons (Fsp3) is 0.0847. The fourth-order valence-corrected chi connectivity index (χ4v) is 10.2. The van der Waals surface area contributed by atoms with Gasteiger partial charge in [-0.15, -0.1) is 0 Å². The van der Waals surface area contributed by atoms with Crippen LogP contribution >= 0.6 is 0 Å². The van der Waals surface area contributed by atoms with Crippen LogP contribution < -0.4 is 4.90 Å². The van der Waals surface area contributed by atoms with Crippen LogP contribution in [0.15, 0.2) is 215 Å². The lowest BCUT2D eigenvalue weighted by molar-refractivity contribution is 0.590. The zero-order valence-corrected chi connectivity index (χ0v) is 34.9. The first-order chi connectivity index (χ1) is 30.4. The highest BCUT2D eigenvalue weighted by atomic mass is 16.3. The molecule has 0 bridgehead atoms. The Hall–Kier alpha value is -7.62. The number of hydrogen-bond acceptors (Lipinski definition) is 3. The van der Waals surface area contributed by atoms with Crippen LogP contribution in [0.2, 0.25) is 0 Å². The lowest BCUT2D eigenvalue weighted by Gasteiger charge is -2.35. The quantitative estimate of drug-likeness (QED) is 0.168. The Bertz CT molecular complexity index is 3440. The third-order valence-corrected chi connectivity index (χ3v) is 13.1. The Labute approximate surface area is 361 Å². The molecule has 11 aromatic rings. The van der Waals surface area contributed by atoms with Gasteiger partial charge in [-0.05, 0) is 98.5 Å². The van der Waals surface area contributed by atoms with E-state index in [4.69, 9.17) is 8.83 Å². The van der Waals surface area contributed by atoms with Crippen LogP contribution in [0.25, 0.3) is 66.1 Å². The number of hydrogen-bond donors (Lipinski definition) is 0. The molecule has 0 N–H and O–H groups in total. The number of fused-ring (bicyclic) bond motifs is 10. The van der Waals surface area contributed by atoms with Crippen LogP contribution in [0.4, 0.5) is 17.1 Å². The summed E-state index contributed by atoms with van der Waals surface area (Å²) in [5.41, 5.74) is 16.5. The van der Waals surface area contributed by atoms with Gasteiger partial charge in [-0.1, -0.05) is 172 Å². The third-order valence-electron chi connectivity index (χ3n) is 13.1. The molecule has 296 valence electrons. The normalized spacial score (nSPS) is 13.2. The van der Waals surface area contributed by atoms with E-state index in [0.717, 1.165) is 77.6 Å². The number of benzene rings is 9. The van der Waals surface area contributed by atoms with Gasteiger partial charge < -0.3 is 13.7 Å². The molecule has 1 aliphatic carbocycles. The van der Waals surface area contributed by atoms with E-state index in [1.807, 2.05) is 12.1 Å². The van der Waals surface area contributed by atoms with Crippen LogP contribution in [-0.4, -0.2) is 0 Å². The molecule has 1 aliphatic rings. The summed E-state index contributed by atoms with van der Waals surface area (Å²) >= 11 is 0. The molecule has 0 amide bonds. The van der Waals surface area contributed by atoms with E-state index < -0.39 is 5.41 Å². The first-order valence-corrected chi connectivity index (χ1v) is 21.5. The zero-order chi connectivity index (χ0) is 41.6. The molecule has 0 saturated heterocycles. The van der Waals surface area contributed by atoms with E-state index in [9.17, 15) is 0 Å². The maximum Gasteiger partial charge on any atom is 0.145 e. The molecule has 9 aromatic carbocycles. The summed E-state index contributed by atoms with van der Waals surface area (Å²) < 4.78 is 14.0. The first kappa shape index (κ1) is 36.2. The Balaban J connectivity index is 1.24. The Morgan fingerprint density at radius 3 is 1.76 bits per heavy atom. The van der Waals surface area contributed by atoms with Gasteiger partial charge in [0.15, 0.2) is 0 Å². The van der Waals surface area contributed by atoms with E-state index >= 15 is 0 Å². The van der Waals surface area contributed by atoms with Crippen molar-refractivity contribution in [1.29, 1.82) is 0 Å². The van der Waals surface area contributed by atoms with E-state index in [2.05, 4.69) is 220 Å². The van der Waals surface area contributed by atoms with Gasteiger partial charge in [0, 0.05) is 39.2 Å². The lowest BCUT2D eigenvalue weighted by atomic mass is 9.67. The predicted octanol–water partition coefficient (Wildman–Crippen LogP) is 16.3. The molecule has 0 radical (unpaired) electrons. The van der Waals surface area contributed by atoms with Gasteiger partial charge in [-0.2, -0.15) is 0 Å². The van der Waals surface area contributed by atoms with Gasteiger partial charge in [-0.3, -0.25) is 0 Å². The predicted molar refractivity (Wildman–Crippen MR) is 257 cm³/mol. The van der Waals surface area contributed by atoms with Crippen molar-refractivity contribution in [2.24, 2.45) is 0 Å². The molecule has 12 rings (SSSR count). The minimum Gasteiger partial charge on any atom is -0.456 e. The maximum absolute atomic E-state index is 7.37. The van der Waals surface area contributed by atoms with Crippen LogP contribution in [0, 0.1) is 0 Å². The van der Waals surface area contributed by atoms with E-state index in [1.54, 1.807) is 0 Å². The molecule has 3 nitrogen and oxygen atoms in total. The maximum atomic E-state index is 7.37. The number of anilines is 3. The number of para-hydroxylation sites is 1.